The molecule has 0 aliphatic heterocycles. The highest BCUT2D eigenvalue weighted by Gasteiger charge is 2.46. The van der Waals surface area contributed by atoms with E-state index in [4.69, 9.17) is 0 Å². The first-order chi connectivity index (χ1) is 13.4. The van der Waals surface area contributed by atoms with Crippen molar-refractivity contribution in [3.8, 4) is 23.1 Å². The van der Waals surface area contributed by atoms with Gasteiger partial charge in [0.1, 0.15) is 11.4 Å². The van der Waals surface area contributed by atoms with Crippen molar-refractivity contribution in [2.75, 3.05) is 0 Å². The van der Waals surface area contributed by atoms with Crippen LogP contribution in [0, 0.1) is 17.8 Å². The van der Waals surface area contributed by atoms with Gasteiger partial charge in [0.2, 0.25) is 6.43 Å². The Kier molecular flexibility index (Phi) is 4.35. The van der Waals surface area contributed by atoms with Crippen molar-refractivity contribution < 1.29 is 8.78 Å². The van der Waals surface area contributed by atoms with Crippen LogP contribution in [-0.4, -0.2) is 36.4 Å². The number of H-pyrrole nitrogens is 2. The molecule has 3 aromatic rings. The molecule has 4 rings (SSSR count). The number of rotatable bonds is 3. The number of nitrogens with zero attached hydrogens (tertiary/aromatic N) is 4. The number of aromatic nitrogens is 6. The van der Waals surface area contributed by atoms with E-state index in [0.717, 1.165) is 0 Å². The third-order valence-electron chi connectivity index (χ3n) is 4.51. The first-order valence-electron chi connectivity index (χ1n) is 8.41. The minimum atomic E-state index is -2.45. The van der Waals surface area contributed by atoms with E-state index < -0.39 is 29.5 Å². The molecule has 0 spiro atoms. The van der Waals surface area contributed by atoms with E-state index in [1.165, 1.54) is 12.3 Å². The highest BCUT2D eigenvalue weighted by Crippen LogP contribution is 2.51. The van der Waals surface area contributed by atoms with Crippen LogP contribution in [0.15, 0.2) is 34.2 Å². The van der Waals surface area contributed by atoms with Gasteiger partial charge in [-0.15, -0.1) is 10.2 Å². The number of hydrogen-bond acceptors (Lipinski definition) is 5. The number of alkyl halides is 2. The molecule has 1 aliphatic carbocycles. The van der Waals surface area contributed by atoms with Crippen molar-refractivity contribution in [1.29, 1.82) is 0 Å². The van der Waals surface area contributed by atoms with E-state index in [9.17, 15) is 18.4 Å². The van der Waals surface area contributed by atoms with Gasteiger partial charge < -0.3 is 4.98 Å². The Bertz CT molecular complexity index is 1220. The normalized spacial score (nSPS) is 18.0. The fraction of sp³-hybridized carbons (Fsp3) is 0.278. The summed E-state index contributed by atoms with van der Waals surface area (Å²) in [7, 11) is 1.75. The van der Waals surface area contributed by atoms with Gasteiger partial charge >= 0.3 is 5.69 Å². The average molecular weight is 384 g/mol. The van der Waals surface area contributed by atoms with Crippen LogP contribution in [0.4, 0.5) is 8.78 Å². The van der Waals surface area contributed by atoms with Crippen LogP contribution in [0.2, 0.25) is 0 Å². The summed E-state index contributed by atoms with van der Waals surface area (Å²) in [4.78, 5) is 27.7. The third-order valence-corrected chi connectivity index (χ3v) is 4.51. The SMILES string of the molecule is Cn1cc(C#Cc2nnc(-c3c[nH]c(=O)[nH]c3=O)cc2[C@H]2C[C@@H]2C(F)F)cn1. The molecule has 3 aromatic heterocycles. The lowest BCUT2D eigenvalue weighted by Crippen LogP contribution is -2.23. The lowest BCUT2D eigenvalue weighted by Gasteiger charge is -2.06. The lowest BCUT2D eigenvalue weighted by molar-refractivity contribution is 0.120. The number of aryl methyl sites for hydroxylation is 1. The molecule has 0 radical (unpaired) electrons. The van der Waals surface area contributed by atoms with E-state index in [1.54, 1.807) is 24.1 Å². The lowest BCUT2D eigenvalue weighted by atomic mass is 10.0. The topological polar surface area (TPSA) is 109 Å². The summed E-state index contributed by atoms with van der Waals surface area (Å²) in [6.45, 7) is 0. The Hall–Kier alpha value is -3.61. The van der Waals surface area contributed by atoms with Crippen LogP contribution < -0.4 is 11.2 Å². The second kappa shape index (κ2) is 6.84. The number of nitrogens with one attached hydrogen (secondary N) is 2. The molecule has 0 bridgehead atoms. The van der Waals surface area contributed by atoms with Gasteiger partial charge in [0.25, 0.3) is 5.56 Å². The fourth-order valence-corrected chi connectivity index (χ4v) is 2.99. The van der Waals surface area contributed by atoms with Gasteiger partial charge in [-0.1, -0.05) is 5.92 Å². The Morgan fingerprint density at radius 3 is 2.75 bits per heavy atom. The van der Waals surface area contributed by atoms with E-state index in [1.807, 2.05) is 0 Å². The van der Waals surface area contributed by atoms with Crippen molar-refractivity contribution in [2.45, 2.75) is 18.8 Å². The molecule has 28 heavy (non-hydrogen) atoms. The first-order valence-corrected chi connectivity index (χ1v) is 8.41. The predicted molar refractivity (Wildman–Crippen MR) is 94.7 cm³/mol. The average Bonchev–Trinajstić information content (AvgIpc) is 3.35. The summed E-state index contributed by atoms with van der Waals surface area (Å²) >= 11 is 0. The number of hydrogen-bond donors (Lipinski definition) is 2. The van der Waals surface area contributed by atoms with Crippen LogP contribution in [0.1, 0.15) is 29.2 Å². The number of aromatic amines is 2. The van der Waals surface area contributed by atoms with Crippen LogP contribution >= 0.6 is 0 Å². The molecule has 1 saturated carbocycles. The van der Waals surface area contributed by atoms with Crippen LogP contribution in [0.3, 0.4) is 0 Å². The Balaban J connectivity index is 1.77. The summed E-state index contributed by atoms with van der Waals surface area (Å²) in [5.74, 6) is 4.57. The second-order valence-corrected chi connectivity index (χ2v) is 6.51. The highest BCUT2D eigenvalue weighted by atomic mass is 19.3. The van der Waals surface area contributed by atoms with E-state index in [-0.39, 0.29) is 17.0 Å². The zero-order chi connectivity index (χ0) is 19.8. The van der Waals surface area contributed by atoms with E-state index >= 15 is 0 Å². The van der Waals surface area contributed by atoms with Crippen LogP contribution in [0.5, 0.6) is 0 Å². The summed E-state index contributed by atoms with van der Waals surface area (Å²) in [5.41, 5.74) is 0.422. The van der Waals surface area contributed by atoms with Gasteiger partial charge in [0.05, 0.1) is 17.3 Å². The van der Waals surface area contributed by atoms with Crippen molar-refractivity contribution in [1.82, 2.24) is 29.9 Å². The monoisotopic (exact) mass is 384 g/mol. The number of halogens is 2. The summed E-state index contributed by atoms with van der Waals surface area (Å²) in [5, 5.41) is 12.1. The molecule has 2 N–H and O–H groups in total. The van der Waals surface area contributed by atoms with Gasteiger partial charge in [0.15, 0.2) is 0 Å². The maximum atomic E-state index is 13.1. The zero-order valence-electron chi connectivity index (χ0n) is 14.6. The Morgan fingerprint density at radius 2 is 2.11 bits per heavy atom. The molecule has 3 heterocycles. The molecule has 8 nitrogen and oxygen atoms in total. The van der Waals surface area contributed by atoms with Gasteiger partial charge in [-0.25, -0.2) is 13.6 Å². The molecule has 142 valence electrons. The Labute approximate surface area is 156 Å². The van der Waals surface area contributed by atoms with Crippen LogP contribution in [0.25, 0.3) is 11.3 Å². The zero-order valence-corrected chi connectivity index (χ0v) is 14.6. The summed E-state index contributed by atoms with van der Waals surface area (Å²) in [6, 6.07) is 1.54. The molecule has 10 heteroatoms. The smallest absolute Gasteiger partial charge is 0.313 e. The highest BCUT2D eigenvalue weighted by molar-refractivity contribution is 5.59. The van der Waals surface area contributed by atoms with Gasteiger partial charge in [-0.2, -0.15) is 5.10 Å². The van der Waals surface area contributed by atoms with Gasteiger partial charge in [0, 0.05) is 25.4 Å². The van der Waals surface area contributed by atoms with E-state index in [2.05, 4.69) is 37.1 Å². The standard InChI is InChI=1S/C18H14F2N6O2/c1-26-8-9(6-22-26)2-3-14-11(10-4-12(10)16(19)20)5-15(25-24-14)13-7-21-18(28)23-17(13)27/h5-8,10,12,16H,4H2,1H3,(H2,21,23,27,28)/t10-,12+/m1/s1. The molecule has 0 aromatic carbocycles. The van der Waals surface area contributed by atoms with Gasteiger partial charge in [-0.3, -0.25) is 14.5 Å². The summed E-state index contributed by atoms with van der Waals surface area (Å²) in [6.07, 6.45) is 2.37. The molecule has 0 amide bonds. The molecular weight excluding hydrogens is 370 g/mol. The minimum absolute atomic E-state index is 0.0920. The van der Waals surface area contributed by atoms with E-state index in [0.29, 0.717) is 17.5 Å². The van der Waals surface area contributed by atoms with Gasteiger partial charge in [-0.05, 0) is 29.9 Å². The molecule has 0 saturated heterocycles. The maximum absolute atomic E-state index is 13.1. The van der Waals surface area contributed by atoms with Crippen molar-refractivity contribution in [2.24, 2.45) is 13.0 Å². The maximum Gasteiger partial charge on any atom is 0.325 e. The first kappa shape index (κ1) is 17.8. The van der Waals surface area contributed by atoms with Crippen molar-refractivity contribution in [3.05, 3.63) is 62.3 Å². The van der Waals surface area contributed by atoms with Crippen molar-refractivity contribution >= 4 is 0 Å². The largest absolute Gasteiger partial charge is 0.325 e. The molecular formula is C18H14F2N6O2. The minimum Gasteiger partial charge on any atom is -0.313 e. The molecule has 2 atom stereocenters. The summed E-state index contributed by atoms with van der Waals surface area (Å²) < 4.78 is 27.8. The predicted octanol–water partition coefficient (Wildman–Crippen LogP) is 1.02. The molecule has 1 aliphatic rings. The third kappa shape index (κ3) is 3.46. The quantitative estimate of drug-likeness (QED) is 0.656. The molecule has 1 fully saturated rings. The molecule has 0 unspecified atom stereocenters. The second-order valence-electron chi connectivity index (χ2n) is 6.51. The Morgan fingerprint density at radius 1 is 1.29 bits per heavy atom. The van der Waals surface area contributed by atoms with Crippen molar-refractivity contribution in [3.63, 3.8) is 0 Å². The fourth-order valence-electron chi connectivity index (χ4n) is 2.99. The van der Waals surface area contributed by atoms with Crippen LogP contribution in [-0.2, 0) is 7.05 Å².